The highest BCUT2D eigenvalue weighted by atomic mass is 32.2. The van der Waals surface area contributed by atoms with Crippen LogP contribution in [0.4, 0.5) is 0 Å². The Bertz CT molecular complexity index is 913. The molecule has 1 aromatic heterocycles. The Hall–Kier alpha value is -2.15. The largest absolute Gasteiger partial charge is 0.451 e. The lowest BCUT2D eigenvalue weighted by molar-refractivity contribution is 0.0913. The van der Waals surface area contributed by atoms with Crippen LogP contribution in [0.25, 0.3) is 11.0 Å². The second-order valence-corrected chi connectivity index (χ2v) is 7.78. The van der Waals surface area contributed by atoms with E-state index in [4.69, 9.17) is 4.42 Å². The van der Waals surface area contributed by atoms with Crippen molar-refractivity contribution in [1.82, 2.24) is 5.32 Å². The molecule has 1 saturated heterocycles. The minimum absolute atomic E-state index is 0.0683. The first-order valence-electron chi connectivity index (χ1n) is 6.90. The fourth-order valence-electron chi connectivity index (χ4n) is 2.55. The van der Waals surface area contributed by atoms with Crippen molar-refractivity contribution in [2.24, 2.45) is 0 Å². The van der Waals surface area contributed by atoms with Crippen LogP contribution in [0.2, 0.25) is 0 Å². The number of hydrogen-bond donors (Lipinski definition) is 1. The summed E-state index contributed by atoms with van der Waals surface area (Å²) in [6, 6.07) is 5.84. The third kappa shape index (κ3) is 2.89. The summed E-state index contributed by atoms with van der Waals surface area (Å²) in [5.41, 5.74) is 0.963. The van der Waals surface area contributed by atoms with E-state index in [2.05, 4.69) is 5.32 Å². The van der Waals surface area contributed by atoms with Crippen molar-refractivity contribution in [3.05, 3.63) is 45.8 Å². The fraction of sp³-hybridized carbons (Fsp3) is 0.333. The van der Waals surface area contributed by atoms with Gasteiger partial charge in [-0.2, -0.15) is 0 Å². The summed E-state index contributed by atoms with van der Waals surface area (Å²) in [7, 11) is -3.08. The van der Waals surface area contributed by atoms with Crippen LogP contribution >= 0.6 is 0 Å². The topological polar surface area (TPSA) is 93.4 Å². The Morgan fingerprint density at radius 2 is 2.09 bits per heavy atom. The summed E-state index contributed by atoms with van der Waals surface area (Å²) in [5.74, 6) is -0.679. The number of carbonyl (C=O) groups excluding carboxylic acids is 1. The fourth-order valence-corrected chi connectivity index (χ4v) is 4.22. The average Bonchev–Trinajstić information content (AvgIpc) is 2.78. The number of carbonyl (C=O) groups is 1. The highest BCUT2D eigenvalue weighted by Crippen LogP contribution is 2.15. The Labute approximate surface area is 127 Å². The third-order valence-corrected chi connectivity index (χ3v) is 5.44. The minimum atomic E-state index is -3.08. The van der Waals surface area contributed by atoms with Gasteiger partial charge in [-0.1, -0.05) is 11.6 Å². The summed E-state index contributed by atoms with van der Waals surface area (Å²) in [5, 5.41) is 3.02. The molecule has 0 bridgehead atoms. The molecule has 0 spiro atoms. The van der Waals surface area contributed by atoms with Gasteiger partial charge >= 0.3 is 0 Å². The van der Waals surface area contributed by atoms with Crippen LogP contribution in [-0.4, -0.2) is 31.9 Å². The van der Waals surface area contributed by atoms with Gasteiger partial charge in [0.05, 0.1) is 16.9 Å². The van der Waals surface area contributed by atoms with Crippen molar-refractivity contribution in [3.8, 4) is 0 Å². The zero-order valence-corrected chi connectivity index (χ0v) is 12.8. The van der Waals surface area contributed by atoms with Gasteiger partial charge in [0.2, 0.25) is 0 Å². The molecule has 0 saturated carbocycles. The molecule has 1 fully saturated rings. The average molecular weight is 321 g/mol. The summed E-state index contributed by atoms with van der Waals surface area (Å²) in [6.45, 7) is 1.86. The van der Waals surface area contributed by atoms with Crippen LogP contribution in [0.5, 0.6) is 0 Å². The number of aryl methyl sites for hydroxylation is 1. The summed E-state index contributed by atoms with van der Waals surface area (Å²) in [6.07, 6.45) is 0.380. The first-order valence-corrected chi connectivity index (χ1v) is 8.72. The van der Waals surface area contributed by atoms with Crippen LogP contribution < -0.4 is 10.7 Å². The SMILES string of the molecule is Cc1ccc2oc(C(=O)N[C@H]3CCS(=O)(=O)C3)cc(=O)c2c1. The molecule has 1 aliphatic heterocycles. The van der Waals surface area contributed by atoms with E-state index in [1.165, 1.54) is 0 Å². The Morgan fingerprint density at radius 3 is 2.77 bits per heavy atom. The zero-order valence-electron chi connectivity index (χ0n) is 12.0. The quantitative estimate of drug-likeness (QED) is 0.891. The Morgan fingerprint density at radius 1 is 1.32 bits per heavy atom. The summed E-state index contributed by atoms with van der Waals surface area (Å²) >= 11 is 0. The van der Waals surface area contributed by atoms with Gasteiger partial charge in [-0.05, 0) is 25.5 Å². The highest BCUT2D eigenvalue weighted by Gasteiger charge is 2.29. The van der Waals surface area contributed by atoms with Crippen molar-refractivity contribution >= 4 is 26.7 Å². The van der Waals surface area contributed by atoms with E-state index in [-0.39, 0.29) is 22.7 Å². The van der Waals surface area contributed by atoms with Crippen molar-refractivity contribution < 1.29 is 17.6 Å². The summed E-state index contributed by atoms with van der Waals surface area (Å²) in [4.78, 5) is 24.2. The molecule has 2 heterocycles. The van der Waals surface area contributed by atoms with Crippen molar-refractivity contribution in [3.63, 3.8) is 0 Å². The lowest BCUT2D eigenvalue weighted by Gasteiger charge is -2.10. The van der Waals surface area contributed by atoms with E-state index in [9.17, 15) is 18.0 Å². The number of sulfone groups is 1. The second-order valence-electron chi connectivity index (χ2n) is 5.55. The molecule has 1 aromatic carbocycles. The van der Waals surface area contributed by atoms with Crippen LogP contribution in [0.3, 0.4) is 0 Å². The Balaban J connectivity index is 1.89. The molecule has 1 atom stereocenters. The van der Waals surface area contributed by atoms with E-state index in [1.54, 1.807) is 18.2 Å². The number of nitrogens with one attached hydrogen (secondary N) is 1. The molecule has 1 amide bonds. The number of rotatable bonds is 2. The van der Waals surface area contributed by atoms with Gasteiger partial charge in [0.25, 0.3) is 5.91 Å². The zero-order chi connectivity index (χ0) is 15.9. The molecule has 0 unspecified atom stereocenters. The van der Waals surface area contributed by atoms with Crippen molar-refractivity contribution in [2.45, 2.75) is 19.4 Å². The predicted octanol–water partition coefficient (Wildman–Crippen LogP) is 1.02. The van der Waals surface area contributed by atoms with E-state index in [1.807, 2.05) is 6.92 Å². The minimum Gasteiger partial charge on any atom is -0.451 e. The smallest absolute Gasteiger partial charge is 0.287 e. The van der Waals surface area contributed by atoms with Gasteiger partial charge in [0.15, 0.2) is 21.0 Å². The van der Waals surface area contributed by atoms with E-state index >= 15 is 0 Å². The molecule has 3 rings (SSSR count). The lowest BCUT2D eigenvalue weighted by atomic mass is 10.1. The number of benzene rings is 1. The monoisotopic (exact) mass is 321 g/mol. The van der Waals surface area contributed by atoms with Crippen LogP contribution in [0.1, 0.15) is 22.5 Å². The maximum Gasteiger partial charge on any atom is 0.287 e. The van der Waals surface area contributed by atoms with Gasteiger partial charge in [0.1, 0.15) is 5.58 Å². The second kappa shape index (κ2) is 5.24. The molecule has 6 nitrogen and oxygen atoms in total. The normalized spacial score (nSPS) is 20.1. The molecular weight excluding hydrogens is 306 g/mol. The molecule has 1 N–H and O–H groups in total. The van der Waals surface area contributed by atoms with E-state index in [0.29, 0.717) is 17.4 Å². The number of fused-ring (bicyclic) bond motifs is 1. The number of hydrogen-bond acceptors (Lipinski definition) is 5. The maximum absolute atomic E-state index is 12.1. The van der Waals surface area contributed by atoms with Crippen LogP contribution in [0, 0.1) is 6.92 Å². The van der Waals surface area contributed by atoms with Crippen molar-refractivity contribution in [2.75, 3.05) is 11.5 Å². The molecule has 7 heteroatoms. The van der Waals surface area contributed by atoms with Gasteiger partial charge in [-0.15, -0.1) is 0 Å². The predicted molar refractivity (Wildman–Crippen MR) is 81.7 cm³/mol. The third-order valence-electron chi connectivity index (χ3n) is 3.67. The number of amides is 1. The molecule has 2 aromatic rings. The van der Waals surface area contributed by atoms with Crippen LogP contribution in [-0.2, 0) is 9.84 Å². The van der Waals surface area contributed by atoms with Crippen LogP contribution in [0.15, 0.2) is 33.5 Å². The summed E-state index contributed by atoms with van der Waals surface area (Å²) < 4.78 is 28.3. The molecule has 116 valence electrons. The molecule has 0 aliphatic carbocycles. The molecule has 0 radical (unpaired) electrons. The van der Waals surface area contributed by atoms with Gasteiger partial charge in [-0.25, -0.2) is 8.42 Å². The lowest BCUT2D eigenvalue weighted by Crippen LogP contribution is -2.35. The van der Waals surface area contributed by atoms with E-state index < -0.39 is 21.8 Å². The van der Waals surface area contributed by atoms with Gasteiger partial charge in [-0.3, -0.25) is 9.59 Å². The molecule has 22 heavy (non-hydrogen) atoms. The van der Waals surface area contributed by atoms with E-state index in [0.717, 1.165) is 11.6 Å². The first kappa shape index (κ1) is 14.8. The first-order chi connectivity index (χ1) is 10.3. The maximum atomic E-state index is 12.1. The van der Waals surface area contributed by atoms with Crippen molar-refractivity contribution in [1.29, 1.82) is 0 Å². The highest BCUT2D eigenvalue weighted by molar-refractivity contribution is 7.91. The molecular formula is C15H15NO5S. The molecule has 1 aliphatic rings. The van der Waals surface area contributed by atoms with Gasteiger partial charge in [0, 0.05) is 12.1 Å². The van der Waals surface area contributed by atoms with Gasteiger partial charge < -0.3 is 9.73 Å². The Kier molecular flexibility index (Phi) is 3.52. The standard InChI is InChI=1S/C15H15NO5S/c1-9-2-3-13-11(6-9)12(17)7-14(21-13)15(18)16-10-4-5-22(19,20)8-10/h2-3,6-7,10H,4-5,8H2,1H3,(H,16,18)/t10-/m0/s1.